The summed E-state index contributed by atoms with van der Waals surface area (Å²) in [6, 6.07) is 69.8. The van der Waals surface area contributed by atoms with Crippen LogP contribution >= 0.6 is 0 Å². The smallest absolute Gasteiger partial charge is 0.153 e. The van der Waals surface area contributed by atoms with Crippen molar-refractivity contribution in [3.05, 3.63) is 228 Å². The third-order valence-electron chi connectivity index (χ3n) is 11.4. The van der Waals surface area contributed by atoms with E-state index in [9.17, 15) is 0 Å². The fourth-order valence-corrected chi connectivity index (χ4v) is 9.09. The Morgan fingerprint density at radius 1 is 0.545 bits per heavy atom. The number of pyridine rings is 1. The lowest BCUT2D eigenvalue weighted by atomic mass is 9.63. The average molecular weight is 706 g/mol. The van der Waals surface area contributed by atoms with Gasteiger partial charge in [-0.2, -0.15) is 0 Å². The van der Waals surface area contributed by atoms with Gasteiger partial charge in [0.15, 0.2) is 5.58 Å². The van der Waals surface area contributed by atoms with Crippen molar-refractivity contribution in [3.63, 3.8) is 0 Å². The molecule has 4 heteroatoms. The van der Waals surface area contributed by atoms with Gasteiger partial charge in [0, 0.05) is 17.4 Å². The molecule has 55 heavy (non-hydrogen) atoms. The van der Waals surface area contributed by atoms with Crippen molar-refractivity contribution >= 4 is 28.2 Å². The van der Waals surface area contributed by atoms with Crippen LogP contribution in [0.15, 0.2) is 205 Å². The molecule has 1 aliphatic heterocycles. The SMILES string of the molecule is c1ccc(N2c3ccccc3NC2c2cccc(-c3ccc4c(c3)C(c3ccccc3)(c3ccccc3)c3ccccc3-c3oc5cccnc5c3-4)c2)cc1. The summed E-state index contributed by atoms with van der Waals surface area (Å²) in [6.07, 6.45) is 1.79. The topological polar surface area (TPSA) is 41.3 Å². The van der Waals surface area contributed by atoms with Crippen molar-refractivity contribution in [2.75, 3.05) is 10.2 Å². The molecule has 2 aromatic heterocycles. The maximum atomic E-state index is 6.81. The highest BCUT2D eigenvalue weighted by molar-refractivity contribution is 6.03. The molecule has 7 aromatic carbocycles. The maximum Gasteiger partial charge on any atom is 0.153 e. The first-order valence-electron chi connectivity index (χ1n) is 18.8. The number of fused-ring (bicyclic) bond motifs is 8. The molecule has 0 fully saturated rings. The van der Waals surface area contributed by atoms with Gasteiger partial charge in [0.25, 0.3) is 0 Å². The van der Waals surface area contributed by atoms with Gasteiger partial charge < -0.3 is 14.6 Å². The molecule has 0 radical (unpaired) electrons. The number of aromatic nitrogens is 1. The molecule has 2 aliphatic rings. The van der Waals surface area contributed by atoms with Gasteiger partial charge in [0.1, 0.15) is 17.4 Å². The Morgan fingerprint density at radius 2 is 1.24 bits per heavy atom. The van der Waals surface area contributed by atoms with Crippen LogP contribution in [0.3, 0.4) is 0 Å². The minimum absolute atomic E-state index is 0.0777. The standard InChI is InChI=1S/C51H35N3O/c1-4-18-37(19-5-1)51(38-20-6-2-7-21-38)42-25-11-10-24-41(42)49-47(48-46(55-49)28-15-31-52-48)40-30-29-35(33-43(40)51)34-16-14-17-36(32-34)50-53-44-26-12-13-27-45(44)54(50)39-22-8-3-9-23-39/h1-33,50,53H. The molecular formula is C51H35N3O. The molecule has 11 rings (SSSR count). The molecule has 1 unspecified atom stereocenters. The molecule has 0 saturated carbocycles. The summed E-state index contributed by atoms with van der Waals surface area (Å²) < 4.78 is 6.81. The van der Waals surface area contributed by atoms with Crippen LogP contribution in [0, 0.1) is 0 Å². The van der Waals surface area contributed by atoms with Gasteiger partial charge in [0.05, 0.1) is 22.4 Å². The fraction of sp³-hybridized carbons (Fsp3) is 0.0392. The molecule has 1 aliphatic carbocycles. The zero-order valence-electron chi connectivity index (χ0n) is 29.9. The lowest BCUT2D eigenvalue weighted by molar-refractivity contribution is 0.629. The average Bonchev–Trinajstić information content (AvgIpc) is 3.82. The monoisotopic (exact) mass is 705 g/mol. The highest BCUT2D eigenvalue weighted by Gasteiger charge is 2.45. The Balaban J connectivity index is 1.17. The molecule has 0 saturated heterocycles. The number of nitrogens with one attached hydrogen (secondary N) is 1. The van der Waals surface area contributed by atoms with E-state index < -0.39 is 5.41 Å². The first kappa shape index (κ1) is 31.4. The third-order valence-corrected chi connectivity index (χ3v) is 11.4. The summed E-state index contributed by atoms with van der Waals surface area (Å²) in [4.78, 5) is 7.34. The van der Waals surface area contributed by atoms with Crippen molar-refractivity contribution in [1.82, 2.24) is 4.98 Å². The Hall–Kier alpha value is -7.17. The van der Waals surface area contributed by atoms with E-state index in [4.69, 9.17) is 9.40 Å². The molecule has 0 spiro atoms. The van der Waals surface area contributed by atoms with E-state index in [1.807, 2.05) is 18.3 Å². The summed E-state index contributed by atoms with van der Waals surface area (Å²) in [5.41, 5.74) is 15.8. The van der Waals surface area contributed by atoms with Gasteiger partial charge in [-0.05, 0) is 93.0 Å². The second-order valence-electron chi connectivity index (χ2n) is 14.3. The van der Waals surface area contributed by atoms with Crippen LogP contribution in [0.25, 0.3) is 44.7 Å². The molecule has 9 aromatic rings. The molecule has 0 bridgehead atoms. The fourth-order valence-electron chi connectivity index (χ4n) is 9.09. The number of para-hydroxylation sites is 3. The molecule has 4 nitrogen and oxygen atoms in total. The van der Waals surface area contributed by atoms with Gasteiger partial charge >= 0.3 is 0 Å². The summed E-state index contributed by atoms with van der Waals surface area (Å²) >= 11 is 0. The van der Waals surface area contributed by atoms with Crippen LogP contribution in [-0.4, -0.2) is 4.98 Å². The summed E-state index contributed by atoms with van der Waals surface area (Å²) in [5.74, 6) is 0.849. The highest BCUT2D eigenvalue weighted by atomic mass is 16.3. The number of hydrogen-bond donors (Lipinski definition) is 1. The second kappa shape index (κ2) is 12.5. The van der Waals surface area contributed by atoms with Gasteiger partial charge in [-0.25, -0.2) is 0 Å². The molecular weight excluding hydrogens is 671 g/mol. The molecule has 3 heterocycles. The summed E-state index contributed by atoms with van der Waals surface area (Å²) in [7, 11) is 0. The van der Waals surface area contributed by atoms with Crippen molar-refractivity contribution in [3.8, 4) is 33.6 Å². The van der Waals surface area contributed by atoms with Gasteiger partial charge in [-0.15, -0.1) is 0 Å². The summed E-state index contributed by atoms with van der Waals surface area (Å²) in [5, 5.41) is 3.84. The number of furan rings is 1. The van der Waals surface area contributed by atoms with Gasteiger partial charge in [-0.1, -0.05) is 146 Å². The van der Waals surface area contributed by atoms with Crippen LogP contribution in [0.5, 0.6) is 0 Å². The second-order valence-corrected chi connectivity index (χ2v) is 14.3. The van der Waals surface area contributed by atoms with Crippen molar-refractivity contribution < 1.29 is 4.42 Å². The Bertz CT molecular complexity index is 2820. The molecule has 260 valence electrons. The van der Waals surface area contributed by atoms with E-state index in [0.29, 0.717) is 0 Å². The highest BCUT2D eigenvalue weighted by Crippen LogP contribution is 2.57. The zero-order valence-corrected chi connectivity index (χ0v) is 29.9. The van der Waals surface area contributed by atoms with E-state index in [1.54, 1.807) is 0 Å². The largest absolute Gasteiger partial charge is 0.454 e. The van der Waals surface area contributed by atoms with E-state index in [2.05, 4.69) is 192 Å². The van der Waals surface area contributed by atoms with Crippen molar-refractivity contribution in [1.29, 1.82) is 0 Å². The summed E-state index contributed by atoms with van der Waals surface area (Å²) in [6.45, 7) is 0. The normalized spacial score (nSPS) is 15.0. The van der Waals surface area contributed by atoms with E-state index in [-0.39, 0.29) is 6.17 Å². The Kier molecular flexibility index (Phi) is 7.11. The predicted molar refractivity (Wildman–Crippen MR) is 224 cm³/mol. The number of hydrogen-bond acceptors (Lipinski definition) is 4. The predicted octanol–water partition coefficient (Wildman–Crippen LogP) is 12.8. The minimum Gasteiger partial charge on any atom is -0.454 e. The third kappa shape index (κ3) is 4.75. The number of rotatable bonds is 5. The van der Waals surface area contributed by atoms with Crippen LogP contribution in [-0.2, 0) is 5.41 Å². The zero-order chi connectivity index (χ0) is 36.3. The van der Waals surface area contributed by atoms with Crippen LogP contribution < -0.4 is 10.2 Å². The van der Waals surface area contributed by atoms with Crippen LogP contribution in [0.4, 0.5) is 17.1 Å². The maximum absolute atomic E-state index is 6.81. The first-order valence-corrected chi connectivity index (χ1v) is 18.8. The van der Waals surface area contributed by atoms with Crippen molar-refractivity contribution in [2.24, 2.45) is 0 Å². The molecule has 1 atom stereocenters. The Morgan fingerprint density at radius 3 is 2.04 bits per heavy atom. The molecule has 1 N–H and O–H groups in total. The number of nitrogens with zero attached hydrogens (tertiary/aromatic N) is 2. The van der Waals surface area contributed by atoms with Crippen molar-refractivity contribution in [2.45, 2.75) is 11.6 Å². The lowest BCUT2D eigenvalue weighted by Crippen LogP contribution is -2.31. The molecule has 0 amide bonds. The Labute approximate surface area is 320 Å². The minimum atomic E-state index is -0.677. The first-order chi connectivity index (χ1) is 27.3. The number of benzene rings is 7. The number of anilines is 3. The van der Waals surface area contributed by atoms with Crippen LogP contribution in [0.2, 0.25) is 0 Å². The van der Waals surface area contributed by atoms with E-state index in [1.165, 1.54) is 33.5 Å². The van der Waals surface area contributed by atoms with E-state index >= 15 is 0 Å². The van der Waals surface area contributed by atoms with Gasteiger partial charge in [0.2, 0.25) is 0 Å². The van der Waals surface area contributed by atoms with Crippen LogP contribution in [0.1, 0.15) is 34.0 Å². The quantitative estimate of drug-likeness (QED) is 0.194. The van der Waals surface area contributed by atoms with E-state index in [0.717, 1.165) is 56.1 Å². The van der Waals surface area contributed by atoms with Gasteiger partial charge in [-0.3, -0.25) is 4.98 Å². The lowest BCUT2D eigenvalue weighted by Gasteiger charge is -2.38.